The number of carbonyl (C=O) groups is 1. The van der Waals surface area contributed by atoms with Crippen LogP contribution in [-0.2, 0) is 11.3 Å². The maximum Gasteiger partial charge on any atom is 0.258 e. The second kappa shape index (κ2) is 12.6. The van der Waals surface area contributed by atoms with Gasteiger partial charge in [-0.3, -0.25) is 4.79 Å². The van der Waals surface area contributed by atoms with Gasteiger partial charge in [-0.25, -0.2) is 9.98 Å². The zero-order chi connectivity index (χ0) is 22.2. The highest BCUT2D eigenvalue weighted by Crippen LogP contribution is 2.19. The Hall–Kier alpha value is -2.56. The third-order valence-electron chi connectivity index (χ3n) is 5.51. The molecule has 0 radical (unpaired) electrons. The summed E-state index contributed by atoms with van der Waals surface area (Å²) in [5, 5.41) is 6.35. The van der Waals surface area contributed by atoms with Crippen molar-refractivity contribution in [1.82, 2.24) is 20.5 Å². The molecule has 4 rings (SSSR count). The summed E-state index contributed by atoms with van der Waals surface area (Å²) in [5.74, 6) is 2.58. The number of nitrogens with one attached hydrogen (secondary N) is 2. The van der Waals surface area contributed by atoms with Crippen LogP contribution >= 0.6 is 24.0 Å². The van der Waals surface area contributed by atoms with Crippen LogP contribution in [-0.4, -0.2) is 67.1 Å². The number of rotatable bonds is 8. The Labute approximate surface area is 212 Å². The van der Waals surface area contributed by atoms with E-state index in [4.69, 9.17) is 9.73 Å². The van der Waals surface area contributed by atoms with E-state index in [2.05, 4.69) is 38.4 Å². The van der Waals surface area contributed by atoms with E-state index in [0.717, 1.165) is 62.9 Å². The normalized spacial score (nSPS) is 16.1. The largest absolute Gasteiger partial charge is 0.484 e. The first-order chi connectivity index (χ1) is 15.7. The highest BCUT2D eigenvalue weighted by atomic mass is 127. The zero-order valence-electron chi connectivity index (χ0n) is 19.1. The molecule has 33 heavy (non-hydrogen) atoms. The third kappa shape index (κ3) is 7.76. The predicted molar refractivity (Wildman–Crippen MR) is 141 cm³/mol. The van der Waals surface area contributed by atoms with Gasteiger partial charge in [0, 0.05) is 45.0 Å². The lowest BCUT2D eigenvalue weighted by atomic mass is 10.2. The number of ether oxygens (including phenoxy) is 1. The smallest absolute Gasteiger partial charge is 0.258 e. The Morgan fingerprint density at radius 1 is 1.15 bits per heavy atom. The van der Waals surface area contributed by atoms with Crippen molar-refractivity contribution >= 4 is 41.7 Å². The Morgan fingerprint density at radius 3 is 2.67 bits per heavy atom. The third-order valence-corrected chi connectivity index (χ3v) is 5.51. The molecule has 0 unspecified atom stereocenters. The van der Waals surface area contributed by atoms with Crippen molar-refractivity contribution < 1.29 is 9.53 Å². The van der Waals surface area contributed by atoms with E-state index >= 15 is 0 Å². The van der Waals surface area contributed by atoms with Crippen LogP contribution in [0.3, 0.4) is 0 Å². The molecule has 2 heterocycles. The van der Waals surface area contributed by atoms with Gasteiger partial charge < -0.3 is 25.2 Å². The second-order valence-corrected chi connectivity index (χ2v) is 8.11. The highest BCUT2D eigenvalue weighted by Gasteiger charge is 2.23. The fourth-order valence-corrected chi connectivity index (χ4v) is 3.66. The van der Waals surface area contributed by atoms with Crippen molar-refractivity contribution in [2.75, 3.05) is 44.2 Å². The van der Waals surface area contributed by atoms with Crippen molar-refractivity contribution in [3.05, 3.63) is 54.2 Å². The summed E-state index contributed by atoms with van der Waals surface area (Å²) in [6.07, 6.45) is 3.99. The Balaban J connectivity index is 0.00000306. The number of guanidine groups is 1. The molecule has 1 aliphatic heterocycles. The number of aromatic nitrogens is 1. The number of hydrogen-bond acceptors (Lipinski definition) is 5. The molecule has 2 fully saturated rings. The molecule has 1 saturated heterocycles. The minimum atomic E-state index is -0.0600. The first kappa shape index (κ1) is 25.1. The number of pyridine rings is 1. The molecule has 2 aromatic rings. The molecule has 9 heteroatoms. The quantitative estimate of drug-likeness (QED) is 0.292. The summed E-state index contributed by atoms with van der Waals surface area (Å²) in [6.45, 7) is 7.10. The molecular weight excluding hydrogens is 531 g/mol. The van der Waals surface area contributed by atoms with Gasteiger partial charge in [-0.05, 0) is 49.6 Å². The fraction of sp³-hybridized carbons (Fsp3) is 0.458. The molecule has 1 aliphatic carbocycles. The van der Waals surface area contributed by atoms with Crippen molar-refractivity contribution in [2.24, 2.45) is 4.99 Å². The fourth-order valence-electron chi connectivity index (χ4n) is 3.66. The van der Waals surface area contributed by atoms with Crippen LogP contribution in [0.25, 0.3) is 0 Å². The van der Waals surface area contributed by atoms with E-state index in [1.54, 1.807) is 0 Å². The number of amides is 1. The Morgan fingerprint density at radius 2 is 1.97 bits per heavy atom. The van der Waals surface area contributed by atoms with Gasteiger partial charge in [-0.15, -0.1) is 24.0 Å². The van der Waals surface area contributed by atoms with E-state index in [1.807, 2.05) is 42.6 Å². The summed E-state index contributed by atoms with van der Waals surface area (Å²) < 4.78 is 5.66. The number of halogens is 1. The van der Waals surface area contributed by atoms with Gasteiger partial charge in [-0.1, -0.05) is 18.2 Å². The van der Waals surface area contributed by atoms with E-state index in [-0.39, 0.29) is 36.5 Å². The van der Waals surface area contributed by atoms with Gasteiger partial charge >= 0.3 is 0 Å². The van der Waals surface area contributed by atoms with Crippen LogP contribution in [0.4, 0.5) is 5.82 Å². The average molecular weight is 564 g/mol. The summed E-state index contributed by atoms with van der Waals surface area (Å²) in [4.78, 5) is 25.8. The average Bonchev–Trinajstić information content (AvgIpc) is 3.65. The SMILES string of the molecule is CCNC(=NCc1cccc(OCC(=O)NC2CC2)c1)N1CCN(c2ccccn2)CC1.I. The lowest BCUT2D eigenvalue weighted by Gasteiger charge is -2.37. The molecule has 8 nitrogen and oxygen atoms in total. The Kier molecular flexibility index (Phi) is 9.59. The number of carbonyl (C=O) groups excluding carboxylic acids is 1. The molecule has 1 saturated carbocycles. The zero-order valence-corrected chi connectivity index (χ0v) is 21.4. The molecule has 0 atom stereocenters. The number of nitrogens with zero attached hydrogens (tertiary/aromatic N) is 4. The molecule has 2 aliphatic rings. The molecular formula is C24H33IN6O2. The van der Waals surface area contributed by atoms with Crippen LogP contribution in [0.5, 0.6) is 5.75 Å². The predicted octanol–water partition coefficient (Wildman–Crippen LogP) is 2.64. The summed E-state index contributed by atoms with van der Waals surface area (Å²) >= 11 is 0. The second-order valence-electron chi connectivity index (χ2n) is 8.11. The number of anilines is 1. The van der Waals surface area contributed by atoms with Crippen LogP contribution in [0, 0.1) is 0 Å². The van der Waals surface area contributed by atoms with Crippen molar-refractivity contribution in [3.8, 4) is 5.75 Å². The monoisotopic (exact) mass is 564 g/mol. The minimum Gasteiger partial charge on any atom is -0.484 e. The van der Waals surface area contributed by atoms with Crippen LogP contribution < -0.4 is 20.3 Å². The first-order valence-corrected chi connectivity index (χ1v) is 11.4. The molecule has 178 valence electrons. The van der Waals surface area contributed by atoms with E-state index < -0.39 is 0 Å². The number of piperazine rings is 1. The van der Waals surface area contributed by atoms with Crippen molar-refractivity contribution in [3.63, 3.8) is 0 Å². The van der Waals surface area contributed by atoms with E-state index in [9.17, 15) is 4.79 Å². The topological polar surface area (TPSA) is 82.1 Å². The molecule has 0 bridgehead atoms. The van der Waals surface area contributed by atoms with Gasteiger partial charge in [-0.2, -0.15) is 0 Å². The lowest BCUT2D eigenvalue weighted by molar-refractivity contribution is -0.123. The van der Waals surface area contributed by atoms with Crippen molar-refractivity contribution in [2.45, 2.75) is 32.4 Å². The van der Waals surface area contributed by atoms with E-state index in [1.165, 1.54) is 0 Å². The lowest BCUT2D eigenvalue weighted by Crippen LogP contribution is -2.52. The Bertz CT molecular complexity index is 914. The highest BCUT2D eigenvalue weighted by molar-refractivity contribution is 14.0. The van der Waals surface area contributed by atoms with Crippen LogP contribution in [0.15, 0.2) is 53.7 Å². The molecule has 1 aromatic carbocycles. The van der Waals surface area contributed by atoms with Crippen molar-refractivity contribution in [1.29, 1.82) is 0 Å². The van der Waals surface area contributed by atoms with Gasteiger partial charge in [0.1, 0.15) is 11.6 Å². The van der Waals surface area contributed by atoms with Crippen LogP contribution in [0.2, 0.25) is 0 Å². The first-order valence-electron chi connectivity index (χ1n) is 11.4. The molecule has 2 N–H and O–H groups in total. The van der Waals surface area contributed by atoms with Gasteiger partial charge in [0.25, 0.3) is 5.91 Å². The molecule has 0 spiro atoms. The number of hydrogen-bond donors (Lipinski definition) is 2. The maximum absolute atomic E-state index is 11.8. The van der Waals surface area contributed by atoms with Gasteiger partial charge in [0.05, 0.1) is 6.54 Å². The maximum atomic E-state index is 11.8. The van der Waals surface area contributed by atoms with Crippen LogP contribution in [0.1, 0.15) is 25.3 Å². The van der Waals surface area contributed by atoms with E-state index in [0.29, 0.717) is 18.3 Å². The molecule has 1 amide bonds. The summed E-state index contributed by atoms with van der Waals surface area (Å²) in [5.41, 5.74) is 1.05. The minimum absolute atomic E-state index is 0. The summed E-state index contributed by atoms with van der Waals surface area (Å²) in [7, 11) is 0. The number of benzene rings is 1. The number of aliphatic imine (C=N–C) groups is 1. The summed E-state index contributed by atoms with van der Waals surface area (Å²) in [6, 6.07) is 14.2. The standard InChI is InChI=1S/C24H32N6O2.HI/c1-2-25-24(30-14-12-29(13-15-30)22-8-3-4-11-26-22)27-17-19-6-5-7-21(16-19)32-18-23(31)28-20-9-10-20;/h3-8,11,16,20H,2,9-10,12-15,17-18H2,1H3,(H,25,27)(H,28,31);1H. The van der Waals surface area contributed by atoms with Gasteiger partial charge in [0.2, 0.25) is 0 Å². The van der Waals surface area contributed by atoms with Gasteiger partial charge in [0.15, 0.2) is 12.6 Å². The molecule has 1 aromatic heterocycles.